The average Bonchev–Trinajstić information content (AvgIpc) is 2.32. The minimum absolute atomic E-state index is 0.236. The van der Waals surface area contributed by atoms with Crippen molar-refractivity contribution in [3.05, 3.63) is 55.0 Å². The predicted octanol–water partition coefficient (Wildman–Crippen LogP) is 5.25. The van der Waals surface area contributed by atoms with Crippen LogP contribution in [0, 0.1) is 3.57 Å². The molecule has 0 aliphatic heterocycles. The van der Waals surface area contributed by atoms with E-state index in [9.17, 15) is 4.79 Å². The number of anilines is 1. The highest BCUT2D eigenvalue weighted by Gasteiger charge is 2.11. The molecule has 0 aliphatic rings. The first-order chi connectivity index (χ1) is 8.97. The van der Waals surface area contributed by atoms with Crippen LogP contribution in [-0.4, -0.2) is 5.91 Å². The first-order valence-electron chi connectivity index (χ1n) is 5.22. The van der Waals surface area contributed by atoms with E-state index >= 15 is 0 Å². The standard InChI is InChI=1S/C13H8BrClINOS/c14-7-1-3-9(12(19)5-7)13(18)17-11-4-2-8(16)6-10(11)15/h1-6,19H,(H,17,18). The second-order valence-corrected chi connectivity index (χ2v) is 6.79. The fraction of sp³-hybridized carbons (Fsp3) is 0. The van der Waals surface area contributed by atoms with E-state index in [1.165, 1.54) is 0 Å². The number of carbonyl (C=O) groups is 1. The Bertz CT molecular complexity index is 651. The zero-order chi connectivity index (χ0) is 14.0. The third kappa shape index (κ3) is 3.87. The maximum absolute atomic E-state index is 12.1. The molecule has 1 amide bonds. The first-order valence-corrected chi connectivity index (χ1v) is 7.92. The van der Waals surface area contributed by atoms with Gasteiger partial charge in [0.25, 0.3) is 5.91 Å². The molecule has 0 atom stereocenters. The largest absolute Gasteiger partial charge is 0.321 e. The van der Waals surface area contributed by atoms with E-state index < -0.39 is 0 Å². The van der Waals surface area contributed by atoms with Crippen molar-refractivity contribution in [2.24, 2.45) is 0 Å². The second kappa shape index (κ2) is 6.47. The molecule has 2 aromatic rings. The van der Waals surface area contributed by atoms with E-state index in [1.807, 2.05) is 6.07 Å². The van der Waals surface area contributed by atoms with Gasteiger partial charge in [-0.3, -0.25) is 4.79 Å². The summed E-state index contributed by atoms with van der Waals surface area (Å²) in [4.78, 5) is 12.8. The van der Waals surface area contributed by atoms with Gasteiger partial charge in [0.1, 0.15) is 0 Å². The van der Waals surface area contributed by atoms with E-state index in [1.54, 1.807) is 30.3 Å². The SMILES string of the molecule is O=C(Nc1ccc(I)cc1Cl)c1ccc(Br)cc1S. The van der Waals surface area contributed by atoms with Gasteiger partial charge in [0.2, 0.25) is 0 Å². The first kappa shape index (κ1) is 15.2. The Morgan fingerprint density at radius 3 is 2.63 bits per heavy atom. The molecule has 0 bridgehead atoms. The van der Waals surface area contributed by atoms with Gasteiger partial charge in [0.05, 0.1) is 16.3 Å². The number of thiol groups is 1. The summed E-state index contributed by atoms with van der Waals surface area (Å²) < 4.78 is 1.89. The van der Waals surface area contributed by atoms with Crippen molar-refractivity contribution in [1.29, 1.82) is 0 Å². The van der Waals surface area contributed by atoms with Crippen LogP contribution in [0.5, 0.6) is 0 Å². The molecule has 0 spiro atoms. The van der Waals surface area contributed by atoms with Gasteiger partial charge in [0, 0.05) is 12.9 Å². The number of nitrogens with one attached hydrogen (secondary N) is 1. The van der Waals surface area contributed by atoms with Crippen LogP contribution in [0.2, 0.25) is 5.02 Å². The molecule has 19 heavy (non-hydrogen) atoms. The highest BCUT2D eigenvalue weighted by molar-refractivity contribution is 14.1. The van der Waals surface area contributed by atoms with Crippen LogP contribution >= 0.6 is 62.8 Å². The molecule has 0 fully saturated rings. The molecule has 0 radical (unpaired) electrons. The summed E-state index contributed by atoms with van der Waals surface area (Å²) >= 11 is 15.9. The lowest BCUT2D eigenvalue weighted by Crippen LogP contribution is -2.13. The number of amides is 1. The van der Waals surface area contributed by atoms with Gasteiger partial charge in [-0.1, -0.05) is 27.5 Å². The average molecular weight is 469 g/mol. The van der Waals surface area contributed by atoms with Crippen molar-refractivity contribution in [1.82, 2.24) is 0 Å². The zero-order valence-electron chi connectivity index (χ0n) is 9.45. The number of carbonyl (C=O) groups excluding carboxylic acids is 1. The summed E-state index contributed by atoms with van der Waals surface area (Å²) in [5.41, 5.74) is 1.09. The van der Waals surface area contributed by atoms with Crippen molar-refractivity contribution in [3.8, 4) is 0 Å². The number of hydrogen-bond acceptors (Lipinski definition) is 2. The molecule has 1 N–H and O–H groups in total. The summed E-state index contributed by atoms with van der Waals surface area (Å²) in [5.74, 6) is -0.236. The minimum atomic E-state index is -0.236. The van der Waals surface area contributed by atoms with Crippen molar-refractivity contribution in [2.45, 2.75) is 4.90 Å². The van der Waals surface area contributed by atoms with Crippen molar-refractivity contribution >= 4 is 74.3 Å². The Hall–Kier alpha value is -0.240. The van der Waals surface area contributed by atoms with Gasteiger partial charge in [-0.2, -0.15) is 0 Å². The molecular weight excluding hydrogens is 460 g/mol. The highest BCUT2D eigenvalue weighted by Crippen LogP contribution is 2.26. The third-order valence-electron chi connectivity index (χ3n) is 2.38. The van der Waals surface area contributed by atoms with Gasteiger partial charge < -0.3 is 5.32 Å². The fourth-order valence-electron chi connectivity index (χ4n) is 1.48. The molecule has 0 aromatic heterocycles. The smallest absolute Gasteiger partial charge is 0.256 e. The van der Waals surface area contributed by atoms with E-state index in [-0.39, 0.29) is 5.91 Å². The van der Waals surface area contributed by atoms with Crippen LogP contribution in [0.4, 0.5) is 5.69 Å². The number of rotatable bonds is 2. The quantitative estimate of drug-likeness (QED) is 0.458. The van der Waals surface area contributed by atoms with Crippen LogP contribution in [0.1, 0.15) is 10.4 Å². The lowest BCUT2D eigenvalue weighted by molar-refractivity contribution is 0.102. The van der Waals surface area contributed by atoms with Gasteiger partial charge in [0.15, 0.2) is 0 Å². The molecule has 6 heteroatoms. The van der Waals surface area contributed by atoms with E-state index in [4.69, 9.17) is 11.6 Å². The van der Waals surface area contributed by atoms with Gasteiger partial charge in [-0.15, -0.1) is 12.6 Å². The van der Waals surface area contributed by atoms with Gasteiger partial charge in [-0.05, 0) is 59.0 Å². The molecule has 98 valence electrons. The van der Waals surface area contributed by atoms with Crippen LogP contribution in [0.3, 0.4) is 0 Å². The topological polar surface area (TPSA) is 29.1 Å². The van der Waals surface area contributed by atoms with Crippen molar-refractivity contribution < 1.29 is 4.79 Å². The lowest BCUT2D eigenvalue weighted by Gasteiger charge is -2.09. The molecule has 0 saturated heterocycles. The molecule has 0 heterocycles. The number of hydrogen-bond donors (Lipinski definition) is 2. The number of benzene rings is 2. The number of halogens is 3. The molecule has 0 unspecified atom stereocenters. The van der Waals surface area contributed by atoms with Crippen molar-refractivity contribution in [3.63, 3.8) is 0 Å². The Labute approximate surface area is 143 Å². The monoisotopic (exact) mass is 467 g/mol. The summed E-state index contributed by atoms with van der Waals surface area (Å²) in [6.45, 7) is 0. The summed E-state index contributed by atoms with van der Waals surface area (Å²) in [6.07, 6.45) is 0. The van der Waals surface area contributed by atoms with Gasteiger partial charge in [-0.25, -0.2) is 0 Å². The van der Waals surface area contributed by atoms with E-state index in [0.29, 0.717) is 21.2 Å². The third-order valence-corrected chi connectivity index (χ3v) is 4.23. The minimum Gasteiger partial charge on any atom is -0.321 e. The van der Waals surface area contributed by atoms with Crippen LogP contribution in [0.15, 0.2) is 45.8 Å². The molecule has 2 rings (SSSR count). The highest BCUT2D eigenvalue weighted by atomic mass is 127. The van der Waals surface area contributed by atoms with Crippen LogP contribution in [-0.2, 0) is 0 Å². The Morgan fingerprint density at radius 1 is 1.26 bits per heavy atom. The summed E-state index contributed by atoms with van der Waals surface area (Å²) in [5, 5.41) is 3.29. The lowest BCUT2D eigenvalue weighted by atomic mass is 10.2. The van der Waals surface area contributed by atoms with E-state index in [2.05, 4.69) is 56.5 Å². The molecule has 0 aliphatic carbocycles. The summed E-state index contributed by atoms with van der Waals surface area (Å²) in [7, 11) is 0. The van der Waals surface area contributed by atoms with Crippen molar-refractivity contribution in [2.75, 3.05) is 5.32 Å². The maximum atomic E-state index is 12.1. The Balaban J connectivity index is 2.25. The molecule has 2 nitrogen and oxygen atoms in total. The Morgan fingerprint density at radius 2 is 2.00 bits per heavy atom. The molecule has 0 saturated carbocycles. The zero-order valence-corrected chi connectivity index (χ0v) is 14.8. The normalized spacial score (nSPS) is 10.3. The second-order valence-electron chi connectivity index (χ2n) is 3.74. The summed E-state index contributed by atoms with van der Waals surface area (Å²) in [6, 6.07) is 10.7. The maximum Gasteiger partial charge on any atom is 0.256 e. The van der Waals surface area contributed by atoms with Gasteiger partial charge >= 0.3 is 0 Å². The Kier molecular flexibility index (Phi) is 5.16. The van der Waals surface area contributed by atoms with Crippen LogP contribution < -0.4 is 5.32 Å². The van der Waals surface area contributed by atoms with Crippen LogP contribution in [0.25, 0.3) is 0 Å². The molecular formula is C13H8BrClINOS. The fourth-order valence-corrected chi connectivity index (χ4v) is 3.23. The molecule has 2 aromatic carbocycles. The van der Waals surface area contributed by atoms with E-state index in [0.717, 1.165) is 8.04 Å². The predicted molar refractivity (Wildman–Crippen MR) is 93.5 cm³/mol.